The number of benzene rings is 1. The molecule has 1 aliphatic rings. The Morgan fingerprint density at radius 3 is 2.50 bits per heavy atom. The maximum atomic E-state index is 10.5. The molecular weight excluding hydrogens is 395 g/mol. The van der Waals surface area contributed by atoms with Crippen molar-refractivity contribution in [3.05, 3.63) is 46.0 Å². The molecular formula is C20H25Cl3O3. The van der Waals surface area contributed by atoms with Crippen LogP contribution in [0, 0.1) is 11.8 Å². The summed E-state index contributed by atoms with van der Waals surface area (Å²) in [5, 5.41) is 20.2. The number of rotatable bonds is 9. The topological polar surface area (TPSA) is 57.5 Å². The number of aliphatic hydroxyl groups excluding tert-OH is 1. The molecule has 0 radical (unpaired) electrons. The van der Waals surface area contributed by atoms with Crippen molar-refractivity contribution in [1.29, 1.82) is 0 Å². The monoisotopic (exact) mass is 418 g/mol. The summed E-state index contributed by atoms with van der Waals surface area (Å²) in [6.45, 7) is 0. The Morgan fingerprint density at radius 1 is 1.15 bits per heavy atom. The van der Waals surface area contributed by atoms with E-state index in [0.717, 1.165) is 31.2 Å². The van der Waals surface area contributed by atoms with E-state index in [9.17, 15) is 9.90 Å². The van der Waals surface area contributed by atoms with Crippen LogP contribution in [0.5, 0.6) is 0 Å². The molecule has 0 unspecified atom stereocenters. The average Bonchev–Trinajstić information content (AvgIpc) is 2.81. The van der Waals surface area contributed by atoms with Crippen LogP contribution in [-0.2, 0) is 11.2 Å². The molecule has 0 heterocycles. The van der Waals surface area contributed by atoms with Crippen LogP contribution < -0.4 is 0 Å². The van der Waals surface area contributed by atoms with Crippen molar-refractivity contribution in [2.24, 2.45) is 11.8 Å². The van der Waals surface area contributed by atoms with Gasteiger partial charge in [-0.15, -0.1) is 11.6 Å². The summed E-state index contributed by atoms with van der Waals surface area (Å²) in [5.74, 6) is -0.407. The average molecular weight is 420 g/mol. The van der Waals surface area contributed by atoms with Gasteiger partial charge in [0.2, 0.25) is 0 Å². The zero-order valence-corrected chi connectivity index (χ0v) is 16.9. The Hall–Kier alpha value is -0.740. The minimum absolute atomic E-state index is 0.0402. The molecule has 2 N–H and O–H groups in total. The molecule has 0 bridgehead atoms. The molecule has 1 saturated carbocycles. The number of aryl methyl sites for hydroxylation is 1. The van der Waals surface area contributed by atoms with E-state index < -0.39 is 12.1 Å². The van der Waals surface area contributed by atoms with Gasteiger partial charge in [0, 0.05) is 21.8 Å². The van der Waals surface area contributed by atoms with Crippen LogP contribution in [0.4, 0.5) is 0 Å². The molecule has 1 aromatic carbocycles. The van der Waals surface area contributed by atoms with Crippen molar-refractivity contribution in [3.63, 3.8) is 0 Å². The molecule has 1 aromatic rings. The predicted molar refractivity (Wildman–Crippen MR) is 107 cm³/mol. The second kappa shape index (κ2) is 10.6. The van der Waals surface area contributed by atoms with Gasteiger partial charge in [-0.25, -0.2) is 0 Å². The number of carbonyl (C=O) groups is 1. The van der Waals surface area contributed by atoms with Crippen molar-refractivity contribution in [2.75, 3.05) is 0 Å². The molecule has 0 aromatic heterocycles. The third-order valence-electron chi connectivity index (χ3n) is 5.00. The normalized spacial score (nSPS) is 25.8. The lowest BCUT2D eigenvalue weighted by Crippen LogP contribution is -2.21. The lowest BCUT2D eigenvalue weighted by Gasteiger charge is -2.22. The van der Waals surface area contributed by atoms with E-state index in [1.165, 1.54) is 0 Å². The number of allylic oxidation sites excluding steroid dienone is 2. The number of halogens is 3. The summed E-state index contributed by atoms with van der Waals surface area (Å²) in [6, 6.07) is 5.53. The number of aliphatic carboxylic acids is 1. The number of aliphatic hydroxyl groups is 1. The lowest BCUT2D eigenvalue weighted by atomic mass is 9.86. The summed E-state index contributed by atoms with van der Waals surface area (Å²) in [4.78, 5) is 10.5. The highest BCUT2D eigenvalue weighted by Crippen LogP contribution is 2.41. The summed E-state index contributed by atoms with van der Waals surface area (Å²) < 4.78 is 0. The van der Waals surface area contributed by atoms with Crippen molar-refractivity contribution in [2.45, 2.75) is 56.4 Å². The third kappa shape index (κ3) is 6.77. The second-order valence-corrected chi connectivity index (χ2v) is 8.39. The summed E-state index contributed by atoms with van der Waals surface area (Å²) in [5.41, 5.74) is 1.07. The predicted octanol–water partition coefficient (Wildman–Crippen LogP) is 5.73. The quantitative estimate of drug-likeness (QED) is 0.305. The first kappa shape index (κ1) is 21.6. The number of hydrogen-bond donors (Lipinski definition) is 2. The zero-order chi connectivity index (χ0) is 19.1. The van der Waals surface area contributed by atoms with Gasteiger partial charge in [0.15, 0.2) is 0 Å². The fourth-order valence-electron chi connectivity index (χ4n) is 3.69. The third-order valence-corrected chi connectivity index (χ3v) is 5.94. The van der Waals surface area contributed by atoms with Gasteiger partial charge in [0.05, 0.1) is 6.10 Å². The maximum Gasteiger partial charge on any atom is 0.303 e. The Labute approximate surface area is 170 Å². The fraction of sp³-hybridized carbons (Fsp3) is 0.550. The highest BCUT2D eigenvalue weighted by molar-refractivity contribution is 6.34. The lowest BCUT2D eigenvalue weighted by molar-refractivity contribution is -0.137. The summed E-state index contributed by atoms with van der Waals surface area (Å²) in [6.07, 6.45) is 8.33. The molecule has 144 valence electrons. The van der Waals surface area contributed by atoms with Gasteiger partial charge < -0.3 is 10.2 Å². The van der Waals surface area contributed by atoms with E-state index in [2.05, 4.69) is 6.08 Å². The Morgan fingerprint density at radius 2 is 1.85 bits per heavy atom. The van der Waals surface area contributed by atoms with Gasteiger partial charge in [-0.05, 0) is 74.1 Å². The Bertz CT molecular complexity index is 612. The summed E-state index contributed by atoms with van der Waals surface area (Å²) in [7, 11) is 0. The maximum absolute atomic E-state index is 10.5. The first-order valence-electron chi connectivity index (χ1n) is 9.00. The highest BCUT2D eigenvalue weighted by Gasteiger charge is 2.40. The van der Waals surface area contributed by atoms with Crippen molar-refractivity contribution in [1.82, 2.24) is 0 Å². The minimum atomic E-state index is -0.765. The molecule has 26 heavy (non-hydrogen) atoms. The molecule has 0 spiro atoms. The Balaban J connectivity index is 1.88. The smallest absolute Gasteiger partial charge is 0.303 e. The van der Waals surface area contributed by atoms with E-state index in [1.54, 1.807) is 6.07 Å². The molecule has 2 rings (SSSR count). The van der Waals surface area contributed by atoms with Crippen LogP contribution in [0.25, 0.3) is 0 Å². The largest absolute Gasteiger partial charge is 0.481 e. The van der Waals surface area contributed by atoms with Crippen molar-refractivity contribution in [3.8, 4) is 0 Å². The molecule has 0 amide bonds. The highest BCUT2D eigenvalue weighted by atomic mass is 35.5. The molecule has 1 fully saturated rings. The standard InChI is InChI=1S/C20H25Cl3O3/c21-14-9-13(10-15(22)11-14)7-8-17-16(18(23)12-19(17)24)5-3-1-2-4-6-20(25)26/h1,3,9-11,16-19,24H,2,4-8,12H2,(H,25,26)/b3-1-/t16-,17-,18-,19-/m1/s1. The van der Waals surface area contributed by atoms with Crippen LogP contribution in [0.1, 0.15) is 44.1 Å². The Kier molecular flexibility index (Phi) is 8.75. The second-order valence-electron chi connectivity index (χ2n) is 6.96. The van der Waals surface area contributed by atoms with Crippen LogP contribution in [0.2, 0.25) is 10.0 Å². The van der Waals surface area contributed by atoms with Gasteiger partial charge in [-0.2, -0.15) is 0 Å². The van der Waals surface area contributed by atoms with Crippen LogP contribution in [0.15, 0.2) is 30.4 Å². The number of carboxylic acids is 1. The van der Waals surface area contributed by atoms with Crippen molar-refractivity contribution < 1.29 is 15.0 Å². The molecule has 0 aliphatic heterocycles. The zero-order valence-electron chi connectivity index (χ0n) is 14.6. The number of carboxylic acid groups (broad SMARTS) is 1. The van der Waals surface area contributed by atoms with E-state index in [0.29, 0.717) is 22.9 Å². The van der Waals surface area contributed by atoms with Gasteiger partial charge in [-0.1, -0.05) is 35.4 Å². The molecule has 1 aliphatic carbocycles. The van der Waals surface area contributed by atoms with E-state index >= 15 is 0 Å². The van der Waals surface area contributed by atoms with Crippen LogP contribution in [-0.4, -0.2) is 27.7 Å². The van der Waals surface area contributed by atoms with Gasteiger partial charge in [0.1, 0.15) is 0 Å². The number of unbranched alkanes of at least 4 members (excludes halogenated alkanes) is 1. The minimum Gasteiger partial charge on any atom is -0.481 e. The molecule has 0 saturated heterocycles. The van der Waals surface area contributed by atoms with Gasteiger partial charge in [-0.3, -0.25) is 4.79 Å². The molecule has 4 atom stereocenters. The van der Waals surface area contributed by atoms with Gasteiger partial charge >= 0.3 is 5.97 Å². The molecule has 3 nitrogen and oxygen atoms in total. The van der Waals surface area contributed by atoms with Crippen molar-refractivity contribution >= 4 is 40.8 Å². The van der Waals surface area contributed by atoms with Crippen LogP contribution in [0.3, 0.4) is 0 Å². The first-order valence-corrected chi connectivity index (χ1v) is 10.2. The van der Waals surface area contributed by atoms with E-state index in [4.69, 9.17) is 39.9 Å². The first-order chi connectivity index (χ1) is 12.4. The van der Waals surface area contributed by atoms with E-state index in [1.807, 2.05) is 18.2 Å². The van der Waals surface area contributed by atoms with Gasteiger partial charge in [0.25, 0.3) is 0 Å². The van der Waals surface area contributed by atoms with E-state index in [-0.39, 0.29) is 23.6 Å². The van der Waals surface area contributed by atoms with Crippen LogP contribution >= 0.6 is 34.8 Å². The fourth-order valence-corrected chi connectivity index (χ4v) is 4.74. The molecule has 6 heteroatoms. The summed E-state index contributed by atoms with van der Waals surface area (Å²) >= 11 is 18.6. The number of alkyl halides is 1. The number of hydrogen-bond acceptors (Lipinski definition) is 2. The SMILES string of the molecule is O=C(O)CCC/C=C\C[C@@H]1[C@@H](CCc2cc(Cl)cc(Cl)c2)[C@H](O)C[C@H]1Cl.